The summed E-state index contributed by atoms with van der Waals surface area (Å²) >= 11 is 1.40. The second-order valence-corrected chi connectivity index (χ2v) is 6.49. The van der Waals surface area contributed by atoms with E-state index in [1.807, 2.05) is 0 Å². The predicted molar refractivity (Wildman–Crippen MR) is 87.8 cm³/mol. The lowest BCUT2D eigenvalue weighted by atomic mass is 10.1. The smallest absolute Gasteiger partial charge is 0.259 e. The van der Waals surface area contributed by atoms with Crippen LogP contribution in [0.3, 0.4) is 0 Å². The first-order chi connectivity index (χ1) is 11.1. The summed E-state index contributed by atoms with van der Waals surface area (Å²) in [6.45, 7) is 4.24. The van der Waals surface area contributed by atoms with Gasteiger partial charge < -0.3 is 0 Å². The Kier molecular flexibility index (Phi) is 4.42. The average Bonchev–Trinajstić information content (AvgIpc) is 3.19. The molecule has 0 aromatic carbocycles. The molecular formula is C15H16N6OS. The molecule has 7 nitrogen and oxygen atoms in total. The lowest BCUT2D eigenvalue weighted by molar-refractivity contribution is 0.102. The first-order valence-corrected chi connectivity index (χ1v) is 8.01. The Morgan fingerprint density at radius 2 is 2.22 bits per heavy atom. The summed E-state index contributed by atoms with van der Waals surface area (Å²) in [6, 6.07) is 3.48. The van der Waals surface area contributed by atoms with Gasteiger partial charge in [-0.2, -0.15) is 0 Å². The fraction of sp³-hybridized carbons (Fsp3) is 0.267. The first-order valence-electron chi connectivity index (χ1n) is 7.20. The van der Waals surface area contributed by atoms with E-state index in [9.17, 15) is 4.79 Å². The van der Waals surface area contributed by atoms with E-state index in [4.69, 9.17) is 0 Å². The van der Waals surface area contributed by atoms with Gasteiger partial charge >= 0.3 is 0 Å². The van der Waals surface area contributed by atoms with Crippen molar-refractivity contribution in [2.75, 3.05) is 5.32 Å². The van der Waals surface area contributed by atoms with E-state index in [1.54, 1.807) is 35.4 Å². The highest BCUT2D eigenvalue weighted by Gasteiger charge is 2.11. The average molecular weight is 328 g/mol. The van der Waals surface area contributed by atoms with Gasteiger partial charge in [0.1, 0.15) is 17.2 Å². The van der Waals surface area contributed by atoms with Crippen molar-refractivity contribution in [3.8, 4) is 5.82 Å². The van der Waals surface area contributed by atoms with Crippen LogP contribution in [0.25, 0.3) is 5.82 Å². The van der Waals surface area contributed by atoms with Crippen LogP contribution in [0.5, 0.6) is 0 Å². The highest BCUT2D eigenvalue weighted by molar-refractivity contribution is 7.15. The van der Waals surface area contributed by atoms with Crippen molar-refractivity contribution in [3.63, 3.8) is 0 Å². The second-order valence-electron chi connectivity index (χ2n) is 5.43. The lowest BCUT2D eigenvalue weighted by Gasteiger charge is -2.03. The van der Waals surface area contributed by atoms with Crippen LogP contribution in [0.1, 0.15) is 29.2 Å². The molecule has 0 radical (unpaired) electrons. The third-order valence-corrected chi connectivity index (χ3v) is 3.91. The van der Waals surface area contributed by atoms with Crippen LogP contribution in [-0.4, -0.2) is 30.6 Å². The number of nitrogens with one attached hydrogen (secondary N) is 1. The van der Waals surface area contributed by atoms with Crippen molar-refractivity contribution in [2.45, 2.75) is 20.3 Å². The Morgan fingerprint density at radius 3 is 2.87 bits per heavy atom. The maximum absolute atomic E-state index is 12.2. The summed E-state index contributed by atoms with van der Waals surface area (Å²) in [6.07, 6.45) is 7.50. The van der Waals surface area contributed by atoms with Crippen molar-refractivity contribution in [1.29, 1.82) is 0 Å². The Balaban J connectivity index is 1.67. The minimum atomic E-state index is -0.248. The molecule has 8 heteroatoms. The summed E-state index contributed by atoms with van der Waals surface area (Å²) in [5, 5.41) is 12.3. The molecule has 0 spiro atoms. The maximum atomic E-state index is 12.2. The third kappa shape index (κ3) is 3.78. The van der Waals surface area contributed by atoms with Crippen LogP contribution in [0.15, 0.2) is 37.1 Å². The van der Waals surface area contributed by atoms with Crippen LogP contribution in [0, 0.1) is 5.92 Å². The van der Waals surface area contributed by atoms with Gasteiger partial charge in [-0.25, -0.2) is 9.97 Å². The molecule has 0 saturated carbocycles. The van der Waals surface area contributed by atoms with E-state index in [0.29, 0.717) is 22.4 Å². The molecule has 0 aliphatic heterocycles. The normalized spacial score (nSPS) is 10.9. The molecule has 3 aromatic rings. The summed E-state index contributed by atoms with van der Waals surface area (Å²) in [5.41, 5.74) is 0.467. The molecule has 0 unspecified atom stereocenters. The molecule has 0 saturated heterocycles. The molecule has 0 aliphatic carbocycles. The van der Waals surface area contributed by atoms with Gasteiger partial charge in [0.2, 0.25) is 5.13 Å². The third-order valence-electron chi connectivity index (χ3n) is 3.05. The molecule has 0 atom stereocenters. The van der Waals surface area contributed by atoms with Gasteiger partial charge in [0, 0.05) is 25.0 Å². The van der Waals surface area contributed by atoms with Crippen molar-refractivity contribution < 1.29 is 4.79 Å². The van der Waals surface area contributed by atoms with Gasteiger partial charge in [-0.1, -0.05) is 25.2 Å². The number of amides is 1. The first kappa shape index (κ1) is 15.3. The van der Waals surface area contributed by atoms with E-state index >= 15 is 0 Å². The van der Waals surface area contributed by atoms with Crippen molar-refractivity contribution in [2.24, 2.45) is 5.92 Å². The number of hydrogen-bond acceptors (Lipinski definition) is 6. The minimum absolute atomic E-state index is 0.248. The highest BCUT2D eigenvalue weighted by atomic mass is 32.1. The van der Waals surface area contributed by atoms with Gasteiger partial charge in [-0.05, 0) is 18.1 Å². The zero-order valence-electron chi connectivity index (χ0n) is 12.8. The molecule has 0 fully saturated rings. The van der Waals surface area contributed by atoms with Gasteiger partial charge in [-0.15, -0.1) is 10.2 Å². The zero-order valence-corrected chi connectivity index (χ0v) is 13.6. The van der Waals surface area contributed by atoms with E-state index < -0.39 is 0 Å². The minimum Gasteiger partial charge on any atom is -0.296 e. The fourth-order valence-electron chi connectivity index (χ4n) is 1.97. The Morgan fingerprint density at radius 1 is 1.35 bits per heavy atom. The number of nitrogens with zero attached hydrogens (tertiary/aromatic N) is 5. The number of aromatic nitrogens is 5. The highest BCUT2D eigenvalue weighted by Crippen LogP contribution is 2.19. The fourth-order valence-corrected chi connectivity index (χ4v) is 2.92. The van der Waals surface area contributed by atoms with Crippen molar-refractivity contribution in [3.05, 3.63) is 47.6 Å². The molecule has 23 heavy (non-hydrogen) atoms. The number of imidazole rings is 1. The molecule has 0 bridgehead atoms. The number of rotatable bonds is 5. The quantitative estimate of drug-likeness (QED) is 0.778. The number of anilines is 1. The van der Waals surface area contributed by atoms with Crippen LogP contribution in [0.4, 0.5) is 5.13 Å². The standard InChI is InChI=1S/C15H16N6OS/c1-10(2)7-13-19-20-15(23-13)18-14(22)11-3-4-12(17-8-11)21-6-5-16-9-21/h3-6,8-10H,7H2,1-2H3,(H,18,20,22). The van der Waals surface area contributed by atoms with E-state index in [0.717, 1.165) is 11.4 Å². The maximum Gasteiger partial charge on any atom is 0.259 e. The largest absolute Gasteiger partial charge is 0.296 e. The number of pyridine rings is 1. The van der Waals surface area contributed by atoms with Gasteiger partial charge in [0.25, 0.3) is 5.91 Å². The number of hydrogen-bond donors (Lipinski definition) is 1. The second kappa shape index (κ2) is 6.66. The molecule has 118 valence electrons. The van der Waals surface area contributed by atoms with Crippen LogP contribution in [-0.2, 0) is 6.42 Å². The number of carbonyl (C=O) groups is 1. The summed E-state index contributed by atoms with van der Waals surface area (Å²) in [5.74, 6) is 0.961. The van der Waals surface area contributed by atoms with E-state index in [-0.39, 0.29) is 5.91 Å². The zero-order chi connectivity index (χ0) is 16.2. The Bertz CT molecular complexity index is 779. The summed E-state index contributed by atoms with van der Waals surface area (Å²) < 4.78 is 1.77. The van der Waals surface area contributed by atoms with Crippen molar-refractivity contribution >= 4 is 22.4 Å². The van der Waals surface area contributed by atoms with Gasteiger partial charge in [0.05, 0.1) is 5.56 Å². The van der Waals surface area contributed by atoms with Gasteiger partial charge in [0.15, 0.2) is 0 Å². The van der Waals surface area contributed by atoms with Gasteiger partial charge in [-0.3, -0.25) is 14.7 Å². The Hall–Kier alpha value is -2.61. The number of carbonyl (C=O) groups excluding carboxylic acids is 1. The SMILES string of the molecule is CC(C)Cc1nnc(NC(=O)c2ccc(-n3ccnc3)nc2)s1. The molecule has 3 heterocycles. The Labute approximate surface area is 137 Å². The van der Waals surface area contributed by atoms with Crippen molar-refractivity contribution in [1.82, 2.24) is 24.7 Å². The van der Waals surface area contributed by atoms with Crippen LogP contribution in [0.2, 0.25) is 0 Å². The van der Waals surface area contributed by atoms with Crippen LogP contribution >= 0.6 is 11.3 Å². The monoisotopic (exact) mass is 328 g/mol. The van der Waals surface area contributed by atoms with E-state index in [1.165, 1.54) is 17.5 Å². The summed E-state index contributed by atoms with van der Waals surface area (Å²) in [7, 11) is 0. The summed E-state index contributed by atoms with van der Waals surface area (Å²) in [4.78, 5) is 20.4. The molecular weight excluding hydrogens is 312 g/mol. The molecule has 3 rings (SSSR count). The molecule has 1 N–H and O–H groups in total. The van der Waals surface area contributed by atoms with Crippen LogP contribution < -0.4 is 5.32 Å². The predicted octanol–water partition coefficient (Wildman–Crippen LogP) is 2.57. The topological polar surface area (TPSA) is 85.6 Å². The van der Waals surface area contributed by atoms with E-state index in [2.05, 4.69) is 39.3 Å². The lowest BCUT2D eigenvalue weighted by Crippen LogP contribution is -2.12. The molecule has 3 aromatic heterocycles. The molecule has 0 aliphatic rings. The molecule has 1 amide bonds.